The zero-order valence-corrected chi connectivity index (χ0v) is 12.0. The van der Waals surface area contributed by atoms with Crippen molar-refractivity contribution in [2.75, 3.05) is 0 Å². The molecule has 0 aromatic rings. The third-order valence-corrected chi connectivity index (χ3v) is 3.53. The van der Waals surface area contributed by atoms with Crippen molar-refractivity contribution < 1.29 is 0 Å². The maximum absolute atomic E-state index is 4.79. The van der Waals surface area contributed by atoms with E-state index in [0.717, 1.165) is 0 Å². The highest BCUT2D eigenvalue weighted by Gasteiger charge is 2.17. The summed E-state index contributed by atoms with van der Waals surface area (Å²) in [6.07, 6.45) is 0. The molecule has 1 aliphatic rings. The minimum atomic E-state index is 0.0154. The van der Waals surface area contributed by atoms with Crippen LogP contribution in [0.3, 0.4) is 0 Å². The zero-order valence-electron chi connectivity index (χ0n) is 12.0. The molecule has 0 fully saturated rings. The first-order valence-corrected chi connectivity index (χ1v) is 6.10. The molecule has 0 saturated carbocycles. The van der Waals surface area contributed by atoms with Crippen molar-refractivity contribution >= 4 is 0 Å². The molecule has 0 spiro atoms. The van der Waals surface area contributed by atoms with Crippen molar-refractivity contribution in [2.45, 2.75) is 60.9 Å². The summed E-state index contributed by atoms with van der Waals surface area (Å²) in [5, 5.41) is 4.79. The molecular formula is C15H25N-2. The molecule has 0 aliphatic heterocycles. The summed E-state index contributed by atoms with van der Waals surface area (Å²) < 4.78 is 0. The Morgan fingerprint density at radius 1 is 1.25 bits per heavy atom. The first kappa shape index (κ1) is 13.2. The summed E-state index contributed by atoms with van der Waals surface area (Å²) in [6.45, 7) is 17.6. The van der Waals surface area contributed by atoms with Crippen LogP contribution < -0.4 is 0 Å². The van der Waals surface area contributed by atoms with Crippen LogP contribution >= 0.6 is 0 Å². The van der Waals surface area contributed by atoms with Crippen LogP contribution in [-0.4, -0.2) is 5.54 Å². The molecule has 0 heterocycles. The van der Waals surface area contributed by atoms with Gasteiger partial charge in [0.25, 0.3) is 0 Å². The Balaban J connectivity index is 3.09. The van der Waals surface area contributed by atoms with E-state index in [4.69, 9.17) is 5.32 Å². The lowest BCUT2D eigenvalue weighted by Crippen LogP contribution is -2.13. The Bertz CT molecular complexity index is 339. The highest BCUT2D eigenvalue weighted by atomic mass is 15.0. The standard InChI is InChI=1S/C15H25N/c1-9-10(2)12(4)14(11(9)3)13(5)16-15(6,7)8/h11H,1-8H3/q-2. The normalized spacial score (nSPS) is 25.2. The van der Waals surface area contributed by atoms with Crippen molar-refractivity contribution in [1.29, 1.82) is 0 Å². The lowest BCUT2D eigenvalue weighted by atomic mass is 9.91. The van der Waals surface area contributed by atoms with Crippen LogP contribution in [0.5, 0.6) is 0 Å². The summed E-state index contributed by atoms with van der Waals surface area (Å²) >= 11 is 0. The SMILES string of the molecule is CC([N-]C(C)(C)C)=C1C(C)=C(C)[C-](C)C1C. The Hall–Kier alpha value is -0.850. The van der Waals surface area contributed by atoms with E-state index in [-0.39, 0.29) is 5.54 Å². The average Bonchev–Trinajstić information content (AvgIpc) is 2.28. The Morgan fingerprint density at radius 2 is 1.75 bits per heavy atom. The van der Waals surface area contributed by atoms with E-state index in [1.165, 1.54) is 28.3 Å². The fourth-order valence-corrected chi connectivity index (χ4v) is 2.51. The molecule has 92 valence electrons. The highest BCUT2D eigenvalue weighted by Crippen LogP contribution is 2.45. The van der Waals surface area contributed by atoms with Crippen molar-refractivity contribution in [3.63, 3.8) is 0 Å². The van der Waals surface area contributed by atoms with Gasteiger partial charge in [0, 0.05) is 0 Å². The third kappa shape index (κ3) is 2.45. The molecule has 0 aromatic heterocycles. The summed E-state index contributed by atoms with van der Waals surface area (Å²) in [5.74, 6) is 2.03. The second-order valence-electron chi connectivity index (χ2n) is 5.94. The molecule has 1 rings (SSSR count). The Kier molecular flexibility index (Phi) is 3.47. The fraction of sp³-hybridized carbons (Fsp3) is 0.667. The molecule has 0 aromatic carbocycles. The number of allylic oxidation sites excluding steroid dienone is 4. The van der Waals surface area contributed by atoms with Crippen molar-refractivity contribution in [3.8, 4) is 0 Å². The Labute approximate surface area is 101 Å². The molecule has 16 heavy (non-hydrogen) atoms. The first-order valence-electron chi connectivity index (χ1n) is 6.10. The largest absolute Gasteiger partial charge is 0.684 e. The maximum atomic E-state index is 4.79. The van der Waals surface area contributed by atoms with E-state index in [9.17, 15) is 0 Å². The lowest BCUT2D eigenvalue weighted by molar-refractivity contribution is 0.651. The summed E-state index contributed by atoms with van der Waals surface area (Å²) in [6, 6.07) is 0. The van der Waals surface area contributed by atoms with Crippen LogP contribution in [0.4, 0.5) is 0 Å². The molecule has 1 aliphatic carbocycles. The Morgan fingerprint density at radius 3 is 2.06 bits per heavy atom. The van der Waals surface area contributed by atoms with Gasteiger partial charge in [-0.15, -0.1) is 19.4 Å². The monoisotopic (exact) mass is 219 g/mol. The molecule has 1 nitrogen and oxygen atoms in total. The van der Waals surface area contributed by atoms with Crippen LogP contribution in [0.1, 0.15) is 55.4 Å². The quantitative estimate of drug-likeness (QED) is 0.550. The van der Waals surface area contributed by atoms with Gasteiger partial charge in [-0.05, 0) is 0 Å². The van der Waals surface area contributed by atoms with E-state index in [2.05, 4.69) is 55.4 Å². The first-order chi connectivity index (χ1) is 7.15. The van der Waals surface area contributed by atoms with Gasteiger partial charge in [0.2, 0.25) is 0 Å². The lowest BCUT2D eigenvalue weighted by Gasteiger charge is -2.42. The molecule has 0 amide bonds. The summed E-state index contributed by atoms with van der Waals surface area (Å²) in [4.78, 5) is 0. The topological polar surface area (TPSA) is 14.1 Å². The maximum Gasteiger partial charge on any atom is -0.0621 e. The van der Waals surface area contributed by atoms with Crippen LogP contribution in [0.2, 0.25) is 0 Å². The zero-order chi connectivity index (χ0) is 12.7. The van der Waals surface area contributed by atoms with Crippen LogP contribution in [0.15, 0.2) is 22.4 Å². The van der Waals surface area contributed by atoms with Crippen molar-refractivity contribution in [3.05, 3.63) is 33.7 Å². The molecule has 1 atom stereocenters. The van der Waals surface area contributed by atoms with Gasteiger partial charge in [0.1, 0.15) is 0 Å². The average molecular weight is 219 g/mol. The predicted molar refractivity (Wildman–Crippen MR) is 72.3 cm³/mol. The minimum absolute atomic E-state index is 0.0154. The van der Waals surface area contributed by atoms with Gasteiger partial charge in [-0.3, -0.25) is 0 Å². The van der Waals surface area contributed by atoms with Crippen LogP contribution in [0, 0.1) is 11.8 Å². The number of nitrogens with zero attached hydrogens (tertiary/aromatic N) is 1. The fourth-order valence-electron chi connectivity index (χ4n) is 2.51. The molecule has 0 N–H and O–H groups in total. The predicted octanol–water partition coefficient (Wildman–Crippen LogP) is 5.01. The second kappa shape index (κ2) is 4.20. The van der Waals surface area contributed by atoms with E-state index < -0.39 is 0 Å². The summed E-state index contributed by atoms with van der Waals surface area (Å²) in [7, 11) is 0. The molecule has 1 heteroatoms. The van der Waals surface area contributed by atoms with Gasteiger partial charge in [-0.25, -0.2) is 11.5 Å². The number of hydrogen-bond acceptors (Lipinski definition) is 0. The van der Waals surface area contributed by atoms with E-state index in [1.807, 2.05) is 0 Å². The van der Waals surface area contributed by atoms with Gasteiger partial charge < -0.3 is 5.32 Å². The van der Waals surface area contributed by atoms with Gasteiger partial charge in [0.15, 0.2) is 0 Å². The molecule has 0 bridgehead atoms. The number of hydrogen-bond donors (Lipinski definition) is 0. The van der Waals surface area contributed by atoms with Crippen LogP contribution in [0.25, 0.3) is 5.32 Å². The highest BCUT2D eigenvalue weighted by molar-refractivity contribution is 5.54. The third-order valence-electron chi connectivity index (χ3n) is 3.53. The van der Waals surface area contributed by atoms with E-state index >= 15 is 0 Å². The number of rotatable bonds is 1. The van der Waals surface area contributed by atoms with Crippen LogP contribution in [-0.2, 0) is 0 Å². The molecular weight excluding hydrogens is 194 g/mol. The van der Waals surface area contributed by atoms with E-state index in [0.29, 0.717) is 5.92 Å². The second-order valence-corrected chi connectivity index (χ2v) is 5.94. The van der Waals surface area contributed by atoms with Gasteiger partial charge >= 0.3 is 0 Å². The van der Waals surface area contributed by atoms with Crippen molar-refractivity contribution in [1.82, 2.24) is 0 Å². The van der Waals surface area contributed by atoms with E-state index in [1.54, 1.807) is 0 Å². The van der Waals surface area contributed by atoms with Gasteiger partial charge in [0.05, 0.1) is 0 Å². The van der Waals surface area contributed by atoms with Gasteiger partial charge in [-0.2, -0.15) is 16.8 Å². The molecule has 0 radical (unpaired) electrons. The summed E-state index contributed by atoms with van der Waals surface area (Å²) in [5.41, 5.74) is 5.53. The smallest absolute Gasteiger partial charge is 0.0621 e. The van der Waals surface area contributed by atoms with Gasteiger partial charge in [-0.1, -0.05) is 47.5 Å². The molecule has 1 unspecified atom stereocenters. The molecule has 0 saturated heterocycles. The van der Waals surface area contributed by atoms with Crippen molar-refractivity contribution in [2.24, 2.45) is 5.92 Å². The minimum Gasteiger partial charge on any atom is -0.684 e.